The second-order valence-electron chi connectivity index (χ2n) is 3.85. The van der Waals surface area contributed by atoms with Gasteiger partial charge < -0.3 is 9.84 Å². The second kappa shape index (κ2) is 4.29. The average molecular weight is 245 g/mol. The molecule has 1 N–H and O–H groups in total. The summed E-state index contributed by atoms with van der Waals surface area (Å²) in [7, 11) is 0. The fourth-order valence-corrected chi connectivity index (χ4v) is 1.86. The van der Waals surface area contributed by atoms with Crippen molar-refractivity contribution in [2.24, 2.45) is 5.92 Å². The fourth-order valence-electron chi connectivity index (χ4n) is 1.65. The van der Waals surface area contributed by atoms with Crippen molar-refractivity contribution in [1.29, 1.82) is 0 Å². The molecule has 0 radical (unpaired) electrons. The second-order valence-corrected chi connectivity index (χ2v) is 4.29. The van der Waals surface area contributed by atoms with Gasteiger partial charge in [-0.15, -0.1) is 0 Å². The Labute approximate surface area is 96.8 Å². The lowest BCUT2D eigenvalue weighted by atomic mass is 9.82. The molecule has 2 rings (SSSR count). The molecule has 1 saturated carbocycles. The van der Waals surface area contributed by atoms with Gasteiger partial charge >= 0.3 is 5.97 Å². The van der Waals surface area contributed by atoms with Crippen LogP contribution in [0.25, 0.3) is 0 Å². The number of carboxylic acid groups (broad SMARTS) is 1. The van der Waals surface area contributed by atoms with Gasteiger partial charge in [0.25, 0.3) is 0 Å². The predicted octanol–water partition coefficient (Wildman–Crippen LogP) is 2.72. The number of carbonyl (C=O) groups is 1. The van der Waals surface area contributed by atoms with Gasteiger partial charge in [0, 0.05) is 11.1 Å². The summed E-state index contributed by atoms with van der Waals surface area (Å²) in [6.07, 6.45) is 0.770. The third-order valence-corrected chi connectivity index (χ3v) is 2.80. The van der Waals surface area contributed by atoms with Crippen LogP contribution in [0.3, 0.4) is 0 Å². The Morgan fingerprint density at radius 1 is 1.44 bits per heavy atom. The van der Waals surface area contributed by atoms with Crippen molar-refractivity contribution < 1.29 is 19.0 Å². The van der Waals surface area contributed by atoms with E-state index >= 15 is 0 Å². The summed E-state index contributed by atoms with van der Waals surface area (Å²) in [6.45, 7) is 0. The van der Waals surface area contributed by atoms with Gasteiger partial charge in [-0.3, -0.25) is 4.79 Å². The molecule has 0 unspecified atom stereocenters. The maximum absolute atomic E-state index is 12.9. The molecule has 3 nitrogen and oxygen atoms in total. The van der Waals surface area contributed by atoms with Crippen molar-refractivity contribution in [2.45, 2.75) is 18.9 Å². The first-order valence-electron chi connectivity index (χ1n) is 4.90. The summed E-state index contributed by atoms with van der Waals surface area (Å²) in [4.78, 5) is 10.6. The Bertz CT molecular complexity index is 395. The van der Waals surface area contributed by atoms with Crippen LogP contribution in [0.2, 0.25) is 5.02 Å². The van der Waals surface area contributed by atoms with E-state index < -0.39 is 11.8 Å². The van der Waals surface area contributed by atoms with Crippen molar-refractivity contribution in [3.8, 4) is 5.75 Å². The van der Waals surface area contributed by atoms with Crippen LogP contribution in [0.15, 0.2) is 18.2 Å². The lowest BCUT2D eigenvalue weighted by Crippen LogP contribution is -2.38. The molecule has 0 aliphatic heterocycles. The molecule has 1 aliphatic carbocycles. The number of carboxylic acids is 1. The lowest BCUT2D eigenvalue weighted by molar-refractivity contribution is -0.147. The first-order valence-corrected chi connectivity index (χ1v) is 5.28. The van der Waals surface area contributed by atoms with Crippen LogP contribution in [0, 0.1) is 11.7 Å². The van der Waals surface area contributed by atoms with Crippen LogP contribution in [0.4, 0.5) is 4.39 Å². The average Bonchev–Trinajstić information content (AvgIpc) is 2.08. The van der Waals surface area contributed by atoms with E-state index in [0.29, 0.717) is 18.6 Å². The van der Waals surface area contributed by atoms with Crippen molar-refractivity contribution in [3.63, 3.8) is 0 Å². The number of ether oxygens (including phenoxy) is 1. The number of benzene rings is 1. The van der Waals surface area contributed by atoms with Gasteiger partial charge in [-0.25, -0.2) is 4.39 Å². The van der Waals surface area contributed by atoms with Crippen molar-refractivity contribution >= 4 is 17.6 Å². The highest BCUT2D eigenvalue weighted by Crippen LogP contribution is 2.32. The normalized spacial score (nSPS) is 23.6. The highest BCUT2D eigenvalue weighted by atomic mass is 35.5. The number of rotatable bonds is 3. The van der Waals surface area contributed by atoms with E-state index in [-0.39, 0.29) is 17.0 Å². The van der Waals surface area contributed by atoms with E-state index in [9.17, 15) is 9.18 Å². The monoisotopic (exact) mass is 244 g/mol. The van der Waals surface area contributed by atoms with Gasteiger partial charge in [-0.2, -0.15) is 0 Å². The summed E-state index contributed by atoms with van der Waals surface area (Å²) >= 11 is 5.66. The lowest BCUT2D eigenvalue weighted by Gasteiger charge is -2.32. The van der Waals surface area contributed by atoms with Crippen molar-refractivity contribution in [3.05, 3.63) is 29.0 Å². The quantitative estimate of drug-likeness (QED) is 0.889. The van der Waals surface area contributed by atoms with Gasteiger partial charge in [0.2, 0.25) is 0 Å². The van der Waals surface area contributed by atoms with E-state index in [4.69, 9.17) is 21.4 Å². The minimum absolute atomic E-state index is 0.154. The molecule has 0 amide bonds. The Balaban J connectivity index is 1.94. The predicted molar refractivity (Wildman–Crippen MR) is 56.2 cm³/mol. The summed E-state index contributed by atoms with van der Waals surface area (Å²) in [6, 6.07) is 3.94. The molecule has 0 saturated heterocycles. The van der Waals surface area contributed by atoms with E-state index in [1.165, 1.54) is 18.2 Å². The molecule has 1 aliphatic rings. The molecule has 86 valence electrons. The molecule has 0 heterocycles. The highest BCUT2D eigenvalue weighted by Gasteiger charge is 2.36. The Morgan fingerprint density at radius 2 is 2.12 bits per heavy atom. The van der Waals surface area contributed by atoms with Crippen LogP contribution >= 0.6 is 11.6 Å². The van der Waals surface area contributed by atoms with E-state index in [1.54, 1.807) is 0 Å². The number of aliphatic carboxylic acids is 1. The van der Waals surface area contributed by atoms with E-state index in [1.807, 2.05) is 0 Å². The molecule has 0 aromatic heterocycles. The van der Waals surface area contributed by atoms with Crippen LogP contribution in [0.5, 0.6) is 5.75 Å². The molecule has 1 aromatic carbocycles. The molecule has 0 bridgehead atoms. The molecule has 1 aromatic rings. The standard InChI is InChI=1S/C11H10ClFO3/c12-7-3-8(13)5-10(4-7)16-9-1-6(2-9)11(14)15/h3-6,9H,1-2H2,(H,14,15)/t6-,9-. The van der Waals surface area contributed by atoms with E-state index in [2.05, 4.69) is 0 Å². The molecule has 1 fully saturated rings. The third kappa shape index (κ3) is 2.44. The number of halogens is 2. The topological polar surface area (TPSA) is 46.5 Å². The summed E-state index contributed by atoms with van der Waals surface area (Å²) in [5.74, 6) is -1.26. The zero-order valence-electron chi connectivity index (χ0n) is 8.32. The van der Waals surface area contributed by atoms with Crippen LogP contribution in [-0.2, 0) is 4.79 Å². The smallest absolute Gasteiger partial charge is 0.306 e. The number of hydrogen-bond donors (Lipinski definition) is 1. The Hall–Kier alpha value is -1.29. The molecule has 0 atom stereocenters. The van der Waals surface area contributed by atoms with Crippen LogP contribution in [-0.4, -0.2) is 17.2 Å². The van der Waals surface area contributed by atoms with Crippen LogP contribution in [0.1, 0.15) is 12.8 Å². The SMILES string of the molecule is O=C(O)[C@H]1C[C@H](Oc2cc(F)cc(Cl)c2)C1. The van der Waals surface area contributed by atoms with Crippen molar-refractivity contribution in [2.75, 3.05) is 0 Å². The molecular formula is C11H10ClFO3. The van der Waals surface area contributed by atoms with Crippen molar-refractivity contribution in [1.82, 2.24) is 0 Å². The van der Waals surface area contributed by atoms with Gasteiger partial charge in [-0.05, 0) is 25.0 Å². The zero-order chi connectivity index (χ0) is 11.7. The van der Waals surface area contributed by atoms with Gasteiger partial charge in [0.15, 0.2) is 0 Å². The highest BCUT2D eigenvalue weighted by molar-refractivity contribution is 6.30. The largest absolute Gasteiger partial charge is 0.490 e. The fraction of sp³-hybridized carbons (Fsp3) is 0.364. The van der Waals surface area contributed by atoms with Crippen LogP contribution < -0.4 is 4.74 Å². The molecule has 16 heavy (non-hydrogen) atoms. The number of hydrogen-bond acceptors (Lipinski definition) is 2. The maximum atomic E-state index is 12.9. The third-order valence-electron chi connectivity index (χ3n) is 2.58. The first-order chi connectivity index (χ1) is 7.54. The first kappa shape index (κ1) is 11.2. The summed E-state index contributed by atoms with van der Waals surface area (Å²) < 4.78 is 18.4. The van der Waals surface area contributed by atoms with Gasteiger partial charge in [-0.1, -0.05) is 11.6 Å². The molecule has 0 spiro atoms. The molecule has 5 heteroatoms. The summed E-state index contributed by atoms with van der Waals surface area (Å²) in [5.41, 5.74) is 0. The maximum Gasteiger partial charge on any atom is 0.306 e. The minimum atomic E-state index is -0.808. The minimum Gasteiger partial charge on any atom is -0.490 e. The Morgan fingerprint density at radius 3 is 2.69 bits per heavy atom. The summed E-state index contributed by atoms with van der Waals surface area (Å²) in [5, 5.41) is 8.94. The Kier molecular flexibility index (Phi) is 3.01. The zero-order valence-corrected chi connectivity index (χ0v) is 9.08. The van der Waals surface area contributed by atoms with Gasteiger partial charge in [0.1, 0.15) is 17.7 Å². The molecular weight excluding hydrogens is 235 g/mol. The van der Waals surface area contributed by atoms with E-state index in [0.717, 1.165) is 0 Å². The van der Waals surface area contributed by atoms with Gasteiger partial charge in [0.05, 0.1) is 5.92 Å².